The fourth-order valence-electron chi connectivity index (χ4n) is 3.25. The van der Waals surface area contributed by atoms with Crippen LogP contribution < -0.4 is 10.2 Å². The number of aliphatic carboxylic acids is 1. The quantitative estimate of drug-likeness (QED) is 0.713. The first-order chi connectivity index (χ1) is 10.9. The minimum atomic E-state index is -1.03. The van der Waals surface area contributed by atoms with Crippen molar-refractivity contribution in [3.63, 3.8) is 0 Å². The molecular formula is C16H18N2O4S. The maximum absolute atomic E-state index is 12.9. The van der Waals surface area contributed by atoms with Gasteiger partial charge in [-0.2, -0.15) is 12.6 Å². The van der Waals surface area contributed by atoms with E-state index in [2.05, 4.69) is 17.9 Å². The number of hydrogen-bond donors (Lipinski definition) is 3. The summed E-state index contributed by atoms with van der Waals surface area (Å²) < 4.78 is 0. The van der Waals surface area contributed by atoms with Gasteiger partial charge in [-0.25, -0.2) is 4.79 Å². The van der Waals surface area contributed by atoms with Crippen LogP contribution in [0.1, 0.15) is 24.5 Å². The van der Waals surface area contributed by atoms with Gasteiger partial charge >= 0.3 is 5.97 Å². The third-order valence-electron chi connectivity index (χ3n) is 4.39. The summed E-state index contributed by atoms with van der Waals surface area (Å²) in [5, 5.41) is 11.6. The molecule has 2 heterocycles. The normalized spacial score (nSPS) is 23.9. The van der Waals surface area contributed by atoms with Gasteiger partial charge in [-0.3, -0.25) is 14.5 Å². The van der Waals surface area contributed by atoms with Crippen LogP contribution in [0, 0.1) is 0 Å². The van der Waals surface area contributed by atoms with Crippen molar-refractivity contribution in [3.8, 4) is 0 Å². The Hall–Kier alpha value is -2.02. The summed E-state index contributed by atoms with van der Waals surface area (Å²) in [5.41, 5.74) is 2.54. The summed E-state index contributed by atoms with van der Waals surface area (Å²) >= 11 is 4.07. The standard InChI is InChI=1S/C16H18N2O4S/c1-8(23)14(19)17-11-6-5-9-3-2-4-10-7-12(16(21)22)18(13(9)10)15(11)20/h2-4,8,11-12,23H,5-7H2,1H3,(H,17,19)(H,21,22)/t8-,11?,12-/m0/s1. The molecule has 0 spiro atoms. The zero-order chi connectivity index (χ0) is 16.7. The molecule has 1 aromatic carbocycles. The lowest BCUT2D eigenvalue weighted by Gasteiger charge is -2.26. The average molecular weight is 334 g/mol. The molecular weight excluding hydrogens is 316 g/mol. The van der Waals surface area contributed by atoms with E-state index in [4.69, 9.17) is 0 Å². The fourth-order valence-corrected chi connectivity index (χ4v) is 3.33. The van der Waals surface area contributed by atoms with E-state index >= 15 is 0 Å². The molecule has 2 N–H and O–H groups in total. The van der Waals surface area contributed by atoms with E-state index in [0.29, 0.717) is 24.9 Å². The van der Waals surface area contributed by atoms with E-state index in [9.17, 15) is 19.5 Å². The minimum Gasteiger partial charge on any atom is -0.480 e. The summed E-state index contributed by atoms with van der Waals surface area (Å²) in [6.07, 6.45) is 1.36. The van der Waals surface area contributed by atoms with Gasteiger partial charge in [0.2, 0.25) is 11.8 Å². The monoisotopic (exact) mass is 334 g/mol. The lowest BCUT2D eigenvalue weighted by atomic mass is 10.0. The van der Waals surface area contributed by atoms with E-state index in [0.717, 1.165) is 11.1 Å². The van der Waals surface area contributed by atoms with Crippen molar-refractivity contribution in [1.29, 1.82) is 0 Å². The highest BCUT2D eigenvalue weighted by Crippen LogP contribution is 2.38. The van der Waals surface area contributed by atoms with E-state index in [1.165, 1.54) is 4.90 Å². The van der Waals surface area contributed by atoms with Gasteiger partial charge < -0.3 is 10.4 Å². The Morgan fingerprint density at radius 1 is 1.39 bits per heavy atom. The van der Waals surface area contributed by atoms with Crippen LogP contribution in [0.2, 0.25) is 0 Å². The second-order valence-electron chi connectivity index (χ2n) is 5.97. The average Bonchev–Trinajstić information content (AvgIpc) is 2.84. The number of hydrogen-bond acceptors (Lipinski definition) is 4. The van der Waals surface area contributed by atoms with Crippen LogP contribution in [0.4, 0.5) is 5.69 Å². The third-order valence-corrected chi connectivity index (χ3v) is 4.62. The number of nitrogens with zero attached hydrogens (tertiary/aromatic N) is 1. The highest BCUT2D eigenvalue weighted by Gasteiger charge is 2.44. The summed E-state index contributed by atoms with van der Waals surface area (Å²) in [7, 11) is 0. The van der Waals surface area contributed by atoms with E-state index in [1.807, 2.05) is 18.2 Å². The molecule has 0 saturated heterocycles. The highest BCUT2D eigenvalue weighted by atomic mass is 32.1. The second kappa shape index (κ2) is 5.88. The van der Waals surface area contributed by atoms with Crippen molar-refractivity contribution in [1.82, 2.24) is 5.32 Å². The number of carboxylic acids is 1. The van der Waals surface area contributed by atoms with Crippen molar-refractivity contribution in [2.45, 2.75) is 43.5 Å². The molecule has 6 nitrogen and oxygen atoms in total. The maximum atomic E-state index is 12.9. The summed E-state index contributed by atoms with van der Waals surface area (Å²) in [6.45, 7) is 1.63. The molecule has 0 radical (unpaired) electrons. The van der Waals surface area contributed by atoms with Gasteiger partial charge in [-0.1, -0.05) is 18.2 Å². The number of rotatable bonds is 3. The van der Waals surface area contributed by atoms with Gasteiger partial charge in [0.15, 0.2) is 0 Å². The smallest absolute Gasteiger partial charge is 0.327 e. The van der Waals surface area contributed by atoms with Crippen molar-refractivity contribution in [2.24, 2.45) is 0 Å². The van der Waals surface area contributed by atoms with Crippen LogP contribution >= 0.6 is 12.6 Å². The molecule has 0 saturated carbocycles. The molecule has 2 amide bonds. The lowest BCUT2D eigenvalue weighted by Crippen LogP contribution is -2.53. The number of carbonyl (C=O) groups is 3. The minimum absolute atomic E-state index is 0.299. The predicted molar refractivity (Wildman–Crippen MR) is 87.8 cm³/mol. The van der Waals surface area contributed by atoms with E-state index in [-0.39, 0.29) is 11.8 Å². The molecule has 1 aromatic rings. The molecule has 0 fully saturated rings. The van der Waals surface area contributed by atoms with Crippen molar-refractivity contribution < 1.29 is 19.5 Å². The zero-order valence-corrected chi connectivity index (χ0v) is 13.5. The van der Waals surface area contributed by atoms with Gasteiger partial charge in [0.1, 0.15) is 12.1 Å². The van der Waals surface area contributed by atoms with Gasteiger partial charge in [-0.05, 0) is 30.9 Å². The number of nitrogens with one attached hydrogen (secondary N) is 1. The number of carbonyl (C=O) groups excluding carboxylic acids is 2. The lowest BCUT2D eigenvalue weighted by molar-refractivity contribution is -0.140. The number of para-hydroxylation sites is 1. The molecule has 3 atom stereocenters. The first-order valence-corrected chi connectivity index (χ1v) is 8.07. The molecule has 1 unspecified atom stereocenters. The molecule has 3 rings (SSSR count). The first kappa shape index (κ1) is 15.9. The Morgan fingerprint density at radius 2 is 2.09 bits per heavy atom. The fraction of sp³-hybridized carbons (Fsp3) is 0.438. The molecule has 0 aromatic heterocycles. The maximum Gasteiger partial charge on any atom is 0.327 e. The predicted octanol–water partition coefficient (Wildman–Crippen LogP) is 0.778. The van der Waals surface area contributed by atoms with Gasteiger partial charge in [0.25, 0.3) is 0 Å². The second-order valence-corrected chi connectivity index (χ2v) is 6.74. The SMILES string of the molecule is C[C@H](S)C(=O)NC1CCc2cccc3c2N(C1=O)[C@H](C(=O)O)C3. The van der Waals surface area contributed by atoms with E-state index < -0.39 is 23.3 Å². The van der Waals surface area contributed by atoms with Gasteiger partial charge in [0.05, 0.1) is 10.9 Å². The van der Waals surface area contributed by atoms with Crippen LogP contribution in [-0.4, -0.2) is 40.2 Å². The molecule has 0 aliphatic carbocycles. The number of aryl methyl sites for hydroxylation is 1. The summed E-state index contributed by atoms with van der Waals surface area (Å²) in [5.74, 6) is -1.72. The van der Waals surface area contributed by atoms with Crippen LogP contribution in [0.3, 0.4) is 0 Å². The van der Waals surface area contributed by atoms with Crippen LogP contribution in [0.15, 0.2) is 18.2 Å². The molecule has 7 heteroatoms. The number of anilines is 1. The van der Waals surface area contributed by atoms with Crippen molar-refractivity contribution >= 4 is 36.1 Å². The summed E-state index contributed by atoms with van der Waals surface area (Å²) in [6, 6.07) is 4.02. The Morgan fingerprint density at radius 3 is 2.74 bits per heavy atom. The largest absolute Gasteiger partial charge is 0.480 e. The van der Waals surface area contributed by atoms with Gasteiger partial charge in [-0.15, -0.1) is 0 Å². The summed E-state index contributed by atoms with van der Waals surface area (Å²) in [4.78, 5) is 37.7. The van der Waals surface area contributed by atoms with Crippen LogP contribution in [-0.2, 0) is 27.2 Å². The molecule has 122 valence electrons. The van der Waals surface area contributed by atoms with Crippen LogP contribution in [0.25, 0.3) is 0 Å². The Balaban J connectivity index is 1.98. The van der Waals surface area contributed by atoms with Crippen molar-refractivity contribution in [3.05, 3.63) is 29.3 Å². The number of amides is 2. The van der Waals surface area contributed by atoms with Crippen molar-refractivity contribution in [2.75, 3.05) is 4.90 Å². The molecule has 23 heavy (non-hydrogen) atoms. The Labute approximate surface area is 139 Å². The highest BCUT2D eigenvalue weighted by molar-refractivity contribution is 7.81. The van der Waals surface area contributed by atoms with E-state index in [1.54, 1.807) is 6.92 Å². The number of carboxylic acid groups (broad SMARTS) is 1. The topological polar surface area (TPSA) is 86.7 Å². The first-order valence-electron chi connectivity index (χ1n) is 7.55. The number of benzene rings is 1. The van der Waals surface area contributed by atoms with Gasteiger partial charge in [0, 0.05) is 6.42 Å². The zero-order valence-electron chi connectivity index (χ0n) is 12.7. The number of thiol groups is 1. The Bertz CT molecular complexity index is 689. The van der Waals surface area contributed by atoms with Crippen LogP contribution in [0.5, 0.6) is 0 Å². The molecule has 2 aliphatic heterocycles. The molecule has 2 aliphatic rings. The third kappa shape index (κ3) is 2.69. The molecule has 0 bridgehead atoms. The Kier molecular flexibility index (Phi) is 4.06.